The summed E-state index contributed by atoms with van der Waals surface area (Å²) < 4.78 is 0. The average molecular weight is 297 g/mol. The van der Waals surface area contributed by atoms with Gasteiger partial charge in [0.15, 0.2) is 0 Å². The molecule has 1 heterocycles. The Morgan fingerprint density at radius 2 is 2.10 bits per heavy atom. The van der Waals surface area contributed by atoms with E-state index in [2.05, 4.69) is 23.8 Å². The molecule has 0 bridgehead atoms. The molecular formula is C16H25ClN2O. The molecule has 4 heteroatoms. The van der Waals surface area contributed by atoms with Crippen LogP contribution in [0.2, 0.25) is 5.02 Å². The smallest absolute Gasteiger partial charge is 0.0917 e. The van der Waals surface area contributed by atoms with Crippen molar-refractivity contribution < 1.29 is 5.11 Å². The normalized spacial score (nSPS) is 19.4. The number of rotatable bonds is 5. The number of likely N-dealkylation sites (N-methyl/N-ethyl adjacent to an activating group) is 1. The second-order valence-electron chi connectivity index (χ2n) is 5.68. The average Bonchev–Trinajstić information content (AvgIpc) is 2.47. The Balaban J connectivity index is 1.86. The van der Waals surface area contributed by atoms with Gasteiger partial charge in [0.2, 0.25) is 0 Å². The molecule has 1 aliphatic rings. The van der Waals surface area contributed by atoms with Crippen LogP contribution in [-0.4, -0.2) is 54.2 Å². The SMILES string of the molecule is CCN1CCC(N(C)CC(O)c2cccc(Cl)c2)CC1. The molecule has 1 unspecified atom stereocenters. The fourth-order valence-electron chi connectivity index (χ4n) is 2.92. The Morgan fingerprint density at radius 3 is 2.70 bits per heavy atom. The van der Waals surface area contributed by atoms with Gasteiger partial charge in [0.1, 0.15) is 0 Å². The van der Waals surface area contributed by atoms with Crippen molar-refractivity contribution in [2.45, 2.75) is 31.9 Å². The Morgan fingerprint density at radius 1 is 1.40 bits per heavy atom. The summed E-state index contributed by atoms with van der Waals surface area (Å²) in [7, 11) is 2.11. The number of halogens is 1. The summed E-state index contributed by atoms with van der Waals surface area (Å²) in [6, 6.07) is 8.08. The third-order valence-electron chi connectivity index (χ3n) is 4.32. The largest absolute Gasteiger partial charge is 0.387 e. The molecule has 0 aliphatic carbocycles. The lowest BCUT2D eigenvalue weighted by molar-refractivity contribution is 0.0748. The van der Waals surface area contributed by atoms with E-state index in [-0.39, 0.29) is 0 Å². The summed E-state index contributed by atoms with van der Waals surface area (Å²) in [5.74, 6) is 0. The Bertz CT molecular complexity index is 419. The van der Waals surface area contributed by atoms with E-state index in [0.717, 1.165) is 12.1 Å². The molecule has 1 aromatic carbocycles. The maximum Gasteiger partial charge on any atom is 0.0917 e. The van der Waals surface area contributed by atoms with Gasteiger partial charge in [-0.3, -0.25) is 0 Å². The van der Waals surface area contributed by atoms with Crippen molar-refractivity contribution in [1.29, 1.82) is 0 Å². The third-order valence-corrected chi connectivity index (χ3v) is 4.56. The van der Waals surface area contributed by atoms with Gasteiger partial charge in [0.25, 0.3) is 0 Å². The number of nitrogens with zero attached hydrogens (tertiary/aromatic N) is 2. The van der Waals surface area contributed by atoms with Crippen LogP contribution in [0.1, 0.15) is 31.4 Å². The van der Waals surface area contributed by atoms with E-state index in [1.165, 1.54) is 25.9 Å². The molecule has 0 aromatic heterocycles. The minimum absolute atomic E-state index is 0.470. The molecule has 3 nitrogen and oxygen atoms in total. The van der Waals surface area contributed by atoms with Gasteiger partial charge < -0.3 is 14.9 Å². The van der Waals surface area contributed by atoms with E-state index in [0.29, 0.717) is 17.6 Å². The maximum atomic E-state index is 10.3. The monoisotopic (exact) mass is 296 g/mol. The van der Waals surface area contributed by atoms with Crippen molar-refractivity contribution in [3.8, 4) is 0 Å². The van der Waals surface area contributed by atoms with Crippen molar-refractivity contribution in [2.24, 2.45) is 0 Å². The fraction of sp³-hybridized carbons (Fsp3) is 0.625. The Labute approximate surface area is 127 Å². The number of hydrogen-bond acceptors (Lipinski definition) is 3. The van der Waals surface area contributed by atoms with Crippen LogP contribution in [0.25, 0.3) is 0 Å². The van der Waals surface area contributed by atoms with Crippen molar-refractivity contribution in [1.82, 2.24) is 9.80 Å². The van der Waals surface area contributed by atoms with Crippen LogP contribution >= 0.6 is 11.6 Å². The molecule has 1 aromatic rings. The van der Waals surface area contributed by atoms with Crippen LogP contribution in [0.4, 0.5) is 0 Å². The van der Waals surface area contributed by atoms with Gasteiger partial charge in [-0.1, -0.05) is 30.7 Å². The van der Waals surface area contributed by atoms with Gasteiger partial charge >= 0.3 is 0 Å². The molecule has 0 radical (unpaired) electrons. The van der Waals surface area contributed by atoms with Crippen LogP contribution in [0, 0.1) is 0 Å². The van der Waals surface area contributed by atoms with Gasteiger partial charge in [-0.25, -0.2) is 0 Å². The van der Waals surface area contributed by atoms with Crippen LogP contribution in [0.3, 0.4) is 0 Å². The van der Waals surface area contributed by atoms with E-state index in [4.69, 9.17) is 11.6 Å². The molecule has 0 spiro atoms. The molecule has 1 aliphatic heterocycles. The fourth-order valence-corrected chi connectivity index (χ4v) is 3.12. The Hall–Kier alpha value is -0.610. The molecule has 2 rings (SSSR count). The zero-order chi connectivity index (χ0) is 14.5. The number of likely N-dealkylation sites (tertiary alicyclic amines) is 1. The molecule has 1 atom stereocenters. The summed E-state index contributed by atoms with van der Waals surface area (Å²) in [4.78, 5) is 4.77. The van der Waals surface area contributed by atoms with Gasteiger partial charge in [-0.05, 0) is 57.2 Å². The quantitative estimate of drug-likeness (QED) is 0.905. The first kappa shape index (κ1) is 15.8. The minimum Gasteiger partial charge on any atom is -0.387 e. The lowest BCUT2D eigenvalue weighted by Gasteiger charge is -2.37. The van der Waals surface area contributed by atoms with Crippen molar-refractivity contribution in [2.75, 3.05) is 33.2 Å². The van der Waals surface area contributed by atoms with Crippen LogP contribution in [-0.2, 0) is 0 Å². The second-order valence-corrected chi connectivity index (χ2v) is 6.11. The molecule has 0 amide bonds. The van der Waals surface area contributed by atoms with Gasteiger partial charge in [-0.2, -0.15) is 0 Å². The molecule has 20 heavy (non-hydrogen) atoms. The molecule has 1 fully saturated rings. The second kappa shape index (κ2) is 7.41. The number of hydrogen-bond donors (Lipinski definition) is 1. The maximum absolute atomic E-state index is 10.3. The lowest BCUT2D eigenvalue weighted by Crippen LogP contribution is -2.44. The molecule has 1 saturated heterocycles. The highest BCUT2D eigenvalue weighted by Crippen LogP contribution is 2.21. The van der Waals surface area contributed by atoms with E-state index < -0.39 is 6.10 Å². The Kier molecular flexibility index (Phi) is 5.85. The van der Waals surface area contributed by atoms with Crippen LogP contribution < -0.4 is 0 Å². The molecule has 0 saturated carbocycles. The highest BCUT2D eigenvalue weighted by Gasteiger charge is 2.23. The van der Waals surface area contributed by atoms with E-state index in [1.54, 1.807) is 0 Å². The summed E-state index contributed by atoms with van der Waals surface area (Å²) in [6.07, 6.45) is 1.90. The molecular weight excluding hydrogens is 272 g/mol. The summed E-state index contributed by atoms with van der Waals surface area (Å²) in [5, 5.41) is 11.0. The number of aliphatic hydroxyl groups is 1. The molecule has 1 N–H and O–H groups in total. The number of benzene rings is 1. The predicted octanol–water partition coefficient (Wildman–Crippen LogP) is 2.79. The number of piperidine rings is 1. The zero-order valence-corrected chi connectivity index (χ0v) is 13.2. The van der Waals surface area contributed by atoms with Crippen molar-refractivity contribution >= 4 is 11.6 Å². The van der Waals surface area contributed by atoms with Gasteiger partial charge in [0.05, 0.1) is 6.10 Å². The van der Waals surface area contributed by atoms with Crippen LogP contribution in [0.15, 0.2) is 24.3 Å². The predicted molar refractivity (Wildman–Crippen MR) is 84.2 cm³/mol. The lowest BCUT2D eigenvalue weighted by atomic mass is 10.0. The van der Waals surface area contributed by atoms with E-state index >= 15 is 0 Å². The third kappa shape index (κ3) is 4.19. The first-order valence-corrected chi connectivity index (χ1v) is 7.84. The topological polar surface area (TPSA) is 26.7 Å². The van der Waals surface area contributed by atoms with Crippen molar-refractivity contribution in [3.05, 3.63) is 34.9 Å². The summed E-state index contributed by atoms with van der Waals surface area (Å²) >= 11 is 5.98. The van der Waals surface area contributed by atoms with Crippen molar-refractivity contribution in [3.63, 3.8) is 0 Å². The summed E-state index contributed by atoms with van der Waals surface area (Å²) in [6.45, 7) is 6.35. The van der Waals surface area contributed by atoms with Gasteiger partial charge in [0, 0.05) is 17.6 Å². The zero-order valence-electron chi connectivity index (χ0n) is 12.4. The number of aliphatic hydroxyl groups excluding tert-OH is 1. The highest BCUT2D eigenvalue weighted by atomic mass is 35.5. The molecule has 112 valence electrons. The first-order valence-electron chi connectivity index (χ1n) is 7.46. The highest BCUT2D eigenvalue weighted by molar-refractivity contribution is 6.30. The standard InChI is InChI=1S/C16H25ClN2O/c1-3-19-9-7-15(8-10-19)18(2)12-16(20)13-5-4-6-14(17)11-13/h4-6,11,15-16,20H,3,7-10,12H2,1-2H3. The van der Waals surface area contributed by atoms with Gasteiger partial charge in [-0.15, -0.1) is 0 Å². The minimum atomic E-state index is -0.470. The summed E-state index contributed by atoms with van der Waals surface area (Å²) in [5.41, 5.74) is 0.898. The van der Waals surface area contributed by atoms with E-state index in [9.17, 15) is 5.11 Å². The first-order chi connectivity index (χ1) is 9.60. The van der Waals surface area contributed by atoms with E-state index in [1.807, 2.05) is 24.3 Å². The van der Waals surface area contributed by atoms with Crippen LogP contribution in [0.5, 0.6) is 0 Å².